The standard InChI is InChI=1S/C19H21FN6/c1-24-12-15(11-23-24)13-25-7-9-26(10-8-25)19-17(20)18(21-14-22-19)16-5-3-2-4-6-16/h2-6,11-12,14H,7-10,13H2,1H3. The van der Waals surface area contributed by atoms with Crippen molar-refractivity contribution in [3.05, 3.63) is 60.4 Å². The molecule has 1 fully saturated rings. The molecule has 26 heavy (non-hydrogen) atoms. The van der Waals surface area contributed by atoms with E-state index in [-0.39, 0.29) is 5.82 Å². The summed E-state index contributed by atoms with van der Waals surface area (Å²) in [7, 11) is 1.92. The highest BCUT2D eigenvalue weighted by atomic mass is 19.1. The molecule has 0 spiro atoms. The van der Waals surface area contributed by atoms with Crippen LogP contribution in [0.25, 0.3) is 11.3 Å². The summed E-state index contributed by atoms with van der Waals surface area (Å²) < 4.78 is 16.8. The molecule has 0 bridgehead atoms. The maximum absolute atomic E-state index is 15.0. The Morgan fingerprint density at radius 2 is 1.81 bits per heavy atom. The summed E-state index contributed by atoms with van der Waals surface area (Å²) in [6.45, 7) is 4.06. The van der Waals surface area contributed by atoms with E-state index in [0.29, 0.717) is 11.5 Å². The van der Waals surface area contributed by atoms with Gasteiger partial charge in [-0.2, -0.15) is 5.10 Å². The van der Waals surface area contributed by atoms with E-state index in [1.54, 1.807) is 0 Å². The monoisotopic (exact) mass is 352 g/mol. The van der Waals surface area contributed by atoms with Crippen LogP contribution in [0.2, 0.25) is 0 Å². The number of benzene rings is 1. The second-order valence-electron chi connectivity index (χ2n) is 6.51. The lowest BCUT2D eigenvalue weighted by Gasteiger charge is -2.35. The van der Waals surface area contributed by atoms with Crippen LogP contribution in [0.3, 0.4) is 0 Å². The van der Waals surface area contributed by atoms with E-state index in [1.165, 1.54) is 11.9 Å². The predicted octanol–water partition coefficient (Wildman–Crippen LogP) is 2.34. The smallest absolute Gasteiger partial charge is 0.191 e. The van der Waals surface area contributed by atoms with Gasteiger partial charge < -0.3 is 4.90 Å². The van der Waals surface area contributed by atoms with Crippen molar-refractivity contribution in [1.29, 1.82) is 0 Å². The van der Waals surface area contributed by atoms with Gasteiger partial charge in [0.05, 0.1) is 6.20 Å². The Labute approximate surface area is 151 Å². The van der Waals surface area contributed by atoms with Gasteiger partial charge in [-0.05, 0) is 0 Å². The molecular weight excluding hydrogens is 331 g/mol. The Morgan fingerprint density at radius 1 is 1.04 bits per heavy atom. The summed E-state index contributed by atoms with van der Waals surface area (Å²) in [4.78, 5) is 12.7. The molecule has 1 saturated heterocycles. The zero-order chi connectivity index (χ0) is 17.9. The van der Waals surface area contributed by atoms with Crippen LogP contribution in [0.15, 0.2) is 49.1 Å². The lowest BCUT2D eigenvalue weighted by molar-refractivity contribution is 0.248. The van der Waals surface area contributed by atoms with Crippen molar-refractivity contribution in [3.8, 4) is 11.3 Å². The molecule has 3 heterocycles. The molecule has 0 atom stereocenters. The largest absolute Gasteiger partial charge is 0.352 e. The molecule has 7 heteroatoms. The van der Waals surface area contributed by atoms with Crippen LogP contribution in [-0.4, -0.2) is 50.8 Å². The van der Waals surface area contributed by atoms with Crippen molar-refractivity contribution in [2.24, 2.45) is 7.05 Å². The number of hydrogen-bond donors (Lipinski definition) is 0. The zero-order valence-corrected chi connectivity index (χ0v) is 14.7. The molecule has 4 rings (SSSR count). The fourth-order valence-corrected chi connectivity index (χ4v) is 3.31. The molecule has 2 aromatic heterocycles. The molecule has 0 saturated carbocycles. The Bertz CT molecular complexity index is 871. The summed E-state index contributed by atoms with van der Waals surface area (Å²) in [5.74, 6) is 0.0410. The maximum atomic E-state index is 15.0. The maximum Gasteiger partial charge on any atom is 0.191 e. The summed E-state index contributed by atoms with van der Waals surface area (Å²) in [6.07, 6.45) is 5.37. The Hall–Kier alpha value is -2.80. The number of aryl methyl sites for hydroxylation is 1. The summed E-state index contributed by atoms with van der Waals surface area (Å²) in [6, 6.07) is 9.40. The molecule has 0 aliphatic carbocycles. The molecule has 0 N–H and O–H groups in total. The molecule has 134 valence electrons. The van der Waals surface area contributed by atoms with Crippen molar-refractivity contribution < 1.29 is 4.39 Å². The van der Waals surface area contributed by atoms with Gasteiger partial charge in [-0.3, -0.25) is 9.58 Å². The van der Waals surface area contributed by atoms with Crippen LogP contribution in [0, 0.1) is 5.82 Å². The van der Waals surface area contributed by atoms with E-state index in [4.69, 9.17) is 0 Å². The topological polar surface area (TPSA) is 50.1 Å². The quantitative estimate of drug-likeness (QED) is 0.721. The molecule has 0 unspecified atom stereocenters. The van der Waals surface area contributed by atoms with E-state index in [1.807, 2.05) is 59.4 Å². The fraction of sp³-hybridized carbons (Fsp3) is 0.316. The van der Waals surface area contributed by atoms with Gasteiger partial charge in [0, 0.05) is 57.1 Å². The van der Waals surface area contributed by atoms with Crippen LogP contribution < -0.4 is 4.90 Å². The predicted molar refractivity (Wildman–Crippen MR) is 98.1 cm³/mol. The van der Waals surface area contributed by atoms with E-state index in [9.17, 15) is 4.39 Å². The number of anilines is 1. The minimum absolute atomic E-state index is 0.348. The number of aromatic nitrogens is 4. The number of nitrogens with zero attached hydrogens (tertiary/aromatic N) is 6. The molecule has 1 aliphatic heterocycles. The molecular formula is C19H21FN6. The van der Waals surface area contributed by atoms with Crippen molar-refractivity contribution in [2.45, 2.75) is 6.54 Å². The SMILES string of the molecule is Cn1cc(CN2CCN(c3ncnc(-c4ccccc4)c3F)CC2)cn1. The molecule has 3 aromatic rings. The summed E-state index contributed by atoms with van der Waals surface area (Å²) in [5.41, 5.74) is 2.32. The van der Waals surface area contributed by atoms with Gasteiger partial charge in [0.1, 0.15) is 12.0 Å². The highest BCUT2D eigenvalue weighted by Crippen LogP contribution is 2.26. The van der Waals surface area contributed by atoms with Crippen LogP contribution >= 0.6 is 0 Å². The van der Waals surface area contributed by atoms with E-state index in [0.717, 1.165) is 38.3 Å². The number of halogens is 1. The van der Waals surface area contributed by atoms with Crippen molar-refractivity contribution >= 4 is 5.82 Å². The summed E-state index contributed by atoms with van der Waals surface area (Å²) >= 11 is 0. The van der Waals surface area contributed by atoms with Gasteiger partial charge in [-0.1, -0.05) is 30.3 Å². The van der Waals surface area contributed by atoms with Gasteiger partial charge >= 0.3 is 0 Å². The highest BCUT2D eigenvalue weighted by Gasteiger charge is 2.23. The number of piperazine rings is 1. The molecule has 0 amide bonds. The Kier molecular flexibility index (Phi) is 4.62. The van der Waals surface area contributed by atoms with E-state index in [2.05, 4.69) is 20.0 Å². The van der Waals surface area contributed by atoms with Gasteiger partial charge in [-0.25, -0.2) is 14.4 Å². The average Bonchev–Trinajstić information content (AvgIpc) is 3.08. The van der Waals surface area contributed by atoms with Gasteiger partial charge in [0.25, 0.3) is 0 Å². The van der Waals surface area contributed by atoms with Crippen LogP contribution in [0.1, 0.15) is 5.56 Å². The van der Waals surface area contributed by atoms with Crippen molar-refractivity contribution in [2.75, 3.05) is 31.1 Å². The second kappa shape index (κ2) is 7.21. The van der Waals surface area contributed by atoms with Crippen LogP contribution in [-0.2, 0) is 13.6 Å². The van der Waals surface area contributed by atoms with Crippen molar-refractivity contribution in [3.63, 3.8) is 0 Å². The van der Waals surface area contributed by atoms with Gasteiger partial charge in [0.15, 0.2) is 11.6 Å². The minimum atomic E-state index is -0.348. The highest BCUT2D eigenvalue weighted by molar-refractivity contribution is 5.63. The third-order valence-electron chi connectivity index (χ3n) is 4.65. The average molecular weight is 352 g/mol. The first-order valence-corrected chi connectivity index (χ1v) is 8.71. The molecule has 1 aromatic carbocycles. The lowest BCUT2D eigenvalue weighted by Crippen LogP contribution is -2.46. The molecule has 1 aliphatic rings. The van der Waals surface area contributed by atoms with Gasteiger partial charge in [0.2, 0.25) is 0 Å². The lowest BCUT2D eigenvalue weighted by atomic mass is 10.1. The van der Waals surface area contributed by atoms with Gasteiger partial charge in [-0.15, -0.1) is 0 Å². The number of rotatable bonds is 4. The Balaban J connectivity index is 1.46. The first-order valence-electron chi connectivity index (χ1n) is 8.71. The second-order valence-corrected chi connectivity index (χ2v) is 6.51. The Morgan fingerprint density at radius 3 is 2.50 bits per heavy atom. The summed E-state index contributed by atoms with van der Waals surface area (Å²) in [5, 5.41) is 4.21. The third-order valence-corrected chi connectivity index (χ3v) is 4.65. The van der Waals surface area contributed by atoms with E-state index < -0.39 is 0 Å². The van der Waals surface area contributed by atoms with Crippen LogP contribution in [0.5, 0.6) is 0 Å². The molecule has 6 nitrogen and oxygen atoms in total. The third kappa shape index (κ3) is 3.43. The van der Waals surface area contributed by atoms with Crippen molar-refractivity contribution in [1.82, 2.24) is 24.6 Å². The molecule has 0 radical (unpaired) electrons. The first kappa shape index (κ1) is 16.7. The fourth-order valence-electron chi connectivity index (χ4n) is 3.31. The zero-order valence-electron chi connectivity index (χ0n) is 14.7. The van der Waals surface area contributed by atoms with E-state index >= 15 is 0 Å². The van der Waals surface area contributed by atoms with Crippen LogP contribution in [0.4, 0.5) is 10.2 Å². The normalized spacial score (nSPS) is 15.4. The minimum Gasteiger partial charge on any atom is -0.352 e. The number of hydrogen-bond acceptors (Lipinski definition) is 5. The first-order chi connectivity index (χ1) is 12.7.